The molecule has 0 radical (unpaired) electrons. The molecule has 217 valence electrons. The molecule has 3 aromatic rings. The van der Waals surface area contributed by atoms with Crippen LogP contribution < -0.4 is 27.1 Å². The molecular formula is C30H35CoN7O3. The van der Waals surface area contributed by atoms with Gasteiger partial charge in [-0.1, -0.05) is 0 Å². The van der Waals surface area contributed by atoms with E-state index in [4.69, 9.17) is 11.1 Å². The second kappa shape index (κ2) is 15.3. The van der Waals surface area contributed by atoms with Gasteiger partial charge in [0.15, 0.2) is 5.96 Å². The van der Waals surface area contributed by atoms with E-state index in [-0.39, 0.29) is 23.5 Å². The first-order valence-corrected chi connectivity index (χ1v) is 14.3. The van der Waals surface area contributed by atoms with Crippen LogP contribution >= 0.6 is 0 Å². The number of hydrazone groups is 1. The molecule has 0 aromatic heterocycles. The van der Waals surface area contributed by atoms with Gasteiger partial charge in [0, 0.05) is 5.69 Å². The Kier molecular flexibility index (Phi) is 11.6. The molecule has 41 heavy (non-hydrogen) atoms. The monoisotopic (exact) mass is 600 g/mol. The number of nitrogens with one attached hydrogen (secondary N) is 5. The second-order valence-corrected chi connectivity index (χ2v) is 10.8. The van der Waals surface area contributed by atoms with Crippen molar-refractivity contribution in [2.45, 2.75) is 37.4 Å². The van der Waals surface area contributed by atoms with E-state index in [0.29, 0.717) is 33.0 Å². The number of hydrogen-bond donors (Lipinski definition) is 6. The zero-order valence-corrected chi connectivity index (χ0v) is 24.2. The number of nitrogens with zero attached hydrogens (tertiary/aromatic N) is 1. The molecule has 0 bridgehead atoms. The van der Waals surface area contributed by atoms with Gasteiger partial charge in [-0.3, -0.25) is 5.41 Å². The van der Waals surface area contributed by atoms with Crippen molar-refractivity contribution in [2.75, 3.05) is 21.4 Å². The number of anilines is 4. The summed E-state index contributed by atoms with van der Waals surface area (Å²) in [7, 11) is 0. The maximum atomic E-state index is 12.9. The molecule has 2 amide bonds. The summed E-state index contributed by atoms with van der Waals surface area (Å²) in [6, 6.07) is 23.7. The summed E-state index contributed by atoms with van der Waals surface area (Å²) in [5, 5.41) is 20.2. The van der Waals surface area contributed by atoms with Crippen LogP contribution in [0, 0.1) is 11.3 Å². The minimum absolute atomic E-state index is 0.109. The number of guanidine groups is 1. The predicted octanol–water partition coefficient (Wildman–Crippen LogP) is 5.21. The molecule has 0 saturated heterocycles. The third-order valence-corrected chi connectivity index (χ3v) is 7.95. The third kappa shape index (κ3) is 9.89. The Labute approximate surface area is 246 Å². The molecule has 0 fully saturated rings. The van der Waals surface area contributed by atoms with Crippen LogP contribution in [-0.2, 0) is 29.1 Å². The quantitative estimate of drug-likeness (QED) is 0.0683. The van der Waals surface area contributed by atoms with Gasteiger partial charge in [0.2, 0.25) is 0 Å². The number of rotatable bonds is 13. The number of Topliss-reactive ketones (excluding diaryl/α,β-unsaturated/α-hetero) is 1. The number of benzene rings is 3. The Hall–Kier alpha value is -4.48. The first kappa shape index (κ1) is 31.0. The number of carbonyl (C=O) groups excluding carboxylic acids is 3. The number of amides is 2. The van der Waals surface area contributed by atoms with Crippen LogP contribution in [0.1, 0.15) is 37.6 Å². The van der Waals surface area contributed by atoms with Crippen LogP contribution in [0.15, 0.2) is 84.0 Å². The Bertz CT molecular complexity index is 1390. The normalized spacial score (nSPS) is 12.6. The SMILES string of the molecule is CC[CH]([Co][CH2]C(C)C(=O)Nc1cccc(NC(=O)/C(=N\Nc2ccc(NC(=N)N)cc2)C(C)=O)c1)c1ccccc1. The van der Waals surface area contributed by atoms with Gasteiger partial charge in [-0.05, 0) is 24.3 Å². The summed E-state index contributed by atoms with van der Waals surface area (Å²) >= 11 is 1.23. The molecular weight excluding hydrogens is 565 g/mol. The molecule has 0 aliphatic heterocycles. The van der Waals surface area contributed by atoms with Gasteiger partial charge < -0.3 is 11.1 Å². The summed E-state index contributed by atoms with van der Waals surface area (Å²) in [4.78, 5) is 38.2. The van der Waals surface area contributed by atoms with Crippen LogP contribution in [0.4, 0.5) is 22.7 Å². The molecule has 3 rings (SSSR count). The van der Waals surface area contributed by atoms with Crippen LogP contribution in [0.3, 0.4) is 0 Å². The summed E-state index contributed by atoms with van der Waals surface area (Å²) in [5.41, 5.74) is 11.0. The number of hydrogen-bond acceptors (Lipinski definition) is 6. The van der Waals surface area contributed by atoms with Crippen LogP contribution in [0.2, 0.25) is 5.36 Å². The Morgan fingerprint density at radius 1 is 0.878 bits per heavy atom. The molecule has 0 spiro atoms. The third-order valence-electron chi connectivity index (χ3n) is 5.78. The molecule has 0 aliphatic carbocycles. The molecule has 2 unspecified atom stereocenters. The summed E-state index contributed by atoms with van der Waals surface area (Å²) in [6.07, 6.45) is 0.992. The van der Waals surface area contributed by atoms with Crippen molar-refractivity contribution in [3.63, 3.8) is 0 Å². The number of nitrogens with two attached hydrogens (primary N) is 1. The van der Waals surface area contributed by atoms with Crippen molar-refractivity contribution in [1.82, 2.24) is 0 Å². The molecule has 0 saturated carbocycles. The van der Waals surface area contributed by atoms with E-state index < -0.39 is 11.7 Å². The molecule has 0 aliphatic rings. The van der Waals surface area contributed by atoms with Crippen molar-refractivity contribution in [1.29, 1.82) is 5.41 Å². The zero-order chi connectivity index (χ0) is 29.8. The second-order valence-electron chi connectivity index (χ2n) is 9.20. The molecule has 10 nitrogen and oxygen atoms in total. The zero-order valence-electron chi connectivity index (χ0n) is 23.2. The van der Waals surface area contributed by atoms with E-state index in [0.717, 1.165) is 6.42 Å². The van der Waals surface area contributed by atoms with Crippen molar-refractivity contribution in [2.24, 2.45) is 16.8 Å². The Balaban J connectivity index is 1.58. The van der Waals surface area contributed by atoms with Crippen molar-refractivity contribution < 1.29 is 29.1 Å². The van der Waals surface area contributed by atoms with Crippen LogP contribution in [-0.4, -0.2) is 29.3 Å². The van der Waals surface area contributed by atoms with Gasteiger partial charge in [-0.2, -0.15) is 0 Å². The maximum absolute atomic E-state index is 12.9. The number of ketones is 1. The summed E-state index contributed by atoms with van der Waals surface area (Å²) in [5.74, 6) is -1.73. The van der Waals surface area contributed by atoms with Crippen molar-refractivity contribution >= 4 is 52.0 Å². The molecule has 11 heteroatoms. The van der Waals surface area contributed by atoms with Crippen LogP contribution in [0.25, 0.3) is 0 Å². The van der Waals surface area contributed by atoms with E-state index in [1.165, 1.54) is 27.2 Å². The fourth-order valence-electron chi connectivity index (χ4n) is 3.66. The first-order chi connectivity index (χ1) is 19.7. The first-order valence-electron chi connectivity index (χ1n) is 13.0. The van der Waals surface area contributed by atoms with Gasteiger partial charge >= 0.3 is 188 Å². The summed E-state index contributed by atoms with van der Waals surface area (Å²) in [6.45, 7) is 5.30. The molecule has 2 atom stereocenters. The Morgan fingerprint density at radius 2 is 1.51 bits per heavy atom. The average Bonchev–Trinajstić information content (AvgIpc) is 2.94. The number of carbonyl (C=O) groups is 3. The van der Waals surface area contributed by atoms with Gasteiger partial charge in [0.05, 0.1) is 5.69 Å². The van der Waals surface area contributed by atoms with Gasteiger partial charge in [0.1, 0.15) is 0 Å². The average molecular weight is 601 g/mol. The van der Waals surface area contributed by atoms with Gasteiger partial charge in [-0.15, -0.1) is 0 Å². The van der Waals surface area contributed by atoms with Crippen molar-refractivity contribution in [3.05, 3.63) is 84.4 Å². The van der Waals surface area contributed by atoms with Crippen LogP contribution in [0.5, 0.6) is 0 Å². The summed E-state index contributed by atoms with van der Waals surface area (Å²) < 4.78 is 0. The fourth-order valence-corrected chi connectivity index (χ4v) is 5.27. The molecule has 3 aromatic carbocycles. The van der Waals surface area contributed by atoms with Crippen molar-refractivity contribution in [3.8, 4) is 0 Å². The Morgan fingerprint density at radius 3 is 2.12 bits per heavy atom. The predicted molar refractivity (Wildman–Crippen MR) is 161 cm³/mol. The molecule has 0 heterocycles. The molecule has 7 N–H and O–H groups in total. The topological polar surface area (TPSA) is 162 Å². The fraction of sp³-hybridized carbons (Fsp3) is 0.233. The van der Waals surface area contributed by atoms with E-state index in [2.05, 4.69) is 45.5 Å². The van der Waals surface area contributed by atoms with Gasteiger partial charge in [-0.25, -0.2) is 0 Å². The standard InChI is InChI=1S/C21H24N7O3.C9H11.Co/c1-12(2)19(30)24-16-5-4-6-17(11-16)25-20(31)18(13(3)29)28-27-15-9-7-14(8-10-15)26-21(22)23;1-2-6-9-7-4-3-5-8-9;/h4-12,27H,1H2,2-3H3,(H,24,30)(H,25,31)(H4,22,23,26);3-8H,2H2,1H3;/b28-18-;;. The van der Waals surface area contributed by atoms with Gasteiger partial charge in [0.25, 0.3) is 0 Å². The van der Waals surface area contributed by atoms with E-state index in [1.807, 2.05) is 25.1 Å². The van der Waals surface area contributed by atoms with E-state index in [1.54, 1.807) is 48.5 Å². The van der Waals surface area contributed by atoms with E-state index >= 15 is 0 Å². The van der Waals surface area contributed by atoms with E-state index in [9.17, 15) is 14.4 Å². The minimum atomic E-state index is -0.693.